The first-order valence-corrected chi connectivity index (χ1v) is 16.0. The summed E-state index contributed by atoms with van der Waals surface area (Å²) in [5.41, 5.74) is 1.97. The number of nitrogens with one attached hydrogen (secondary N) is 1. The molecule has 43 heavy (non-hydrogen) atoms. The summed E-state index contributed by atoms with van der Waals surface area (Å²) >= 11 is 0. The lowest BCUT2D eigenvalue weighted by molar-refractivity contribution is -0.139. The number of aryl methyl sites for hydroxylation is 1. The van der Waals surface area contributed by atoms with Crippen LogP contribution in [0.5, 0.6) is 11.5 Å². The van der Waals surface area contributed by atoms with Gasteiger partial charge in [-0.2, -0.15) is 0 Å². The normalized spacial score (nSPS) is 14.4. The third-order valence-electron chi connectivity index (χ3n) is 7.99. The maximum Gasteiger partial charge on any atom is 0.264 e. The minimum Gasteiger partial charge on any atom is -0.497 e. The Balaban J connectivity index is 1.74. The van der Waals surface area contributed by atoms with Gasteiger partial charge >= 0.3 is 0 Å². The molecule has 4 rings (SSSR count). The largest absolute Gasteiger partial charge is 0.497 e. The molecule has 1 aliphatic rings. The molecule has 10 heteroatoms. The summed E-state index contributed by atoms with van der Waals surface area (Å²) in [4.78, 5) is 29.3. The summed E-state index contributed by atoms with van der Waals surface area (Å²) in [7, 11) is -1.33. The third-order valence-corrected chi connectivity index (χ3v) is 9.76. The van der Waals surface area contributed by atoms with Crippen LogP contribution in [0, 0.1) is 6.92 Å². The summed E-state index contributed by atoms with van der Waals surface area (Å²) in [6.45, 7) is 3.21. The second kappa shape index (κ2) is 14.4. The van der Waals surface area contributed by atoms with Crippen LogP contribution in [0.4, 0.5) is 5.69 Å². The summed E-state index contributed by atoms with van der Waals surface area (Å²) in [5.74, 6) is -0.139. The average molecular weight is 608 g/mol. The first kappa shape index (κ1) is 31.9. The molecule has 1 fully saturated rings. The van der Waals surface area contributed by atoms with Crippen molar-refractivity contribution in [1.29, 1.82) is 0 Å². The van der Waals surface area contributed by atoms with Crippen LogP contribution in [0.3, 0.4) is 0 Å². The highest BCUT2D eigenvalue weighted by Gasteiger charge is 2.34. The van der Waals surface area contributed by atoms with Crippen molar-refractivity contribution >= 4 is 27.5 Å². The predicted octanol–water partition coefficient (Wildman–Crippen LogP) is 5.07. The lowest BCUT2D eigenvalue weighted by atomic mass is 9.95. The van der Waals surface area contributed by atoms with Gasteiger partial charge in [0, 0.05) is 18.7 Å². The molecule has 0 unspecified atom stereocenters. The molecule has 0 aliphatic heterocycles. The Morgan fingerprint density at radius 3 is 2.26 bits per heavy atom. The summed E-state index contributed by atoms with van der Waals surface area (Å²) in [6, 6.07) is 19.6. The SMILES string of the molecule is COc1ccc(OC)c(N(CC(=O)N(Cc2ccccc2C)[C@H](C)C(=O)NC2CCCCC2)S(=O)(=O)c2ccccc2)c1. The van der Waals surface area contributed by atoms with Crippen molar-refractivity contribution in [3.63, 3.8) is 0 Å². The number of carbonyl (C=O) groups is 2. The third kappa shape index (κ3) is 7.67. The van der Waals surface area contributed by atoms with Crippen molar-refractivity contribution in [2.24, 2.45) is 0 Å². The maximum atomic E-state index is 14.3. The predicted molar refractivity (Wildman–Crippen MR) is 167 cm³/mol. The molecule has 9 nitrogen and oxygen atoms in total. The summed E-state index contributed by atoms with van der Waals surface area (Å²) in [5, 5.41) is 3.13. The number of benzene rings is 3. The van der Waals surface area contributed by atoms with Crippen molar-refractivity contribution in [3.05, 3.63) is 83.9 Å². The van der Waals surface area contributed by atoms with Crippen molar-refractivity contribution < 1.29 is 27.5 Å². The average Bonchev–Trinajstić information content (AvgIpc) is 3.03. The smallest absolute Gasteiger partial charge is 0.264 e. The van der Waals surface area contributed by atoms with Crippen LogP contribution in [0.2, 0.25) is 0 Å². The van der Waals surface area contributed by atoms with Crippen LogP contribution >= 0.6 is 0 Å². The van der Waals surface area contributed by atoms with Crippen molar-refractivity contribution in [3.8, 4) is 11.5 Å². The van der Waals surface area contributed by atoms with Crippen LogP contribution in [-0.4, -0.2) is 58.0 Å². The van der Waals surface area contributed by atoms with Gasteiger partial charge in [-0.1, -0.05) is 61.7 Å². The van der Waals surface area contributed by atoms with Gasteiger partial charge in [0.1, 0.15) is 24.1 Å². The highest BCUT2D eigenvalue weighted by atomic mass is 32.2. The summed E-state index contributed by atoms with van der Waals surface area (Å²) < 4.78 is 40.2. The molecule has 0 radical (unpaired) electrons. The van der Waals surface area contributed by atoms with Crippen LogP contribution in [0.25, 0.3) is 0 Å². The zero-order valence-corrected chi connectivity index (χ0v) is 26.1. The zero-order valence-electron chi connectivity index (χ0n) is 25.3. The fourth-order valence-electron chi connectivity index (χ4n) is 5.35. The lowest BCUT2D eigenvalue weighted by Crippen LogP contribution is -2.53. The van der Waals surface area contributed by atoms with Gasteiger partial charge in [-0.25, -0.2) is 8.42 Å². The van der Waals surface area contributed by atoms with Crippen LogP contribution in [0.15, 0.2) is 77.7 Å². The molecule has 1 N–H and O–H groups in total. The van der Waals surface area contributed by atoms with Gasteiger partial charge < -0.3 is 19.7 Å². The zero-order chi connectivity index (χ0) is 31.0. The molecule has 0 saturated heterocycles. The van der Waals surface area contributed by atoms with E-state index < -0.39 is 28.5 Å². The molecule has 0 bridgehead atoms. The van der Waals surface area contributed by atoms with E-state index >= 15 is 0 Å². The number of hydrogen-bond donors (Lipinski definition) is 1. The Hall–Kier alpha value is -4.05. The number of ether oxygens (including phenoxy) is 2. The summed E-state index contributed by atoms with van der Waals surface area (Å²) in [6.07, 6.45) is 5.07. The minimum absolute atomic E-state index is 0.0150. The molecular formula is C33H41N3O6S. The van der Waals surface area contributed by atoms with Gasteiger partial charge in [-0.3, -0.25) is 13.9 Å². The number of sulfonamides is 1. The topological polar surface area (TPSA) is 105 Å². The number of methoxy groups -OCH3 is 2. The highest BCUT2D eigenvalue weighted by molar-refractivity contribution is 7.92. The molecule has 1 atom stereocenters. The molecule has 3 aromatic rings. The van der Waals surface area contributed by atoms with E-state index in [2.05, 4.69) is 5.32 Å². The van der Waals surface area contributed by atoms with Gasteiger partial charge in [0.05, 0.1) is 24.8 Å². The monoisotopic (exact) mass is 607 g/mol. The Morgan fingerprint density at radius 1 is 0.930 bits per heavy atom. The van der Waals surface area contributed by atoms with Gasteiger partial charge in [0.2, 0.25) is 11.8 Å². The molecule has 0 spiro atoms. The van der Waals surface area contributed by atoms with E-state index in [0.717, 1.165) is 47.5 Å². The molecule has 2 amide bonds. The quantitative estimate of drug-likeness (QED) is 0.308. The van der Waals surface area contributed by atoms with E-state index in [4.69, 9.17) is 9.47 Å². The minimum atomic E-state index is -4.24. The Labute approximate surface area is 254 Å². The van der Waals surface area contributed by atoms with Gasteiger partial charge in [0.15, 0.2) is 0 Å². The van der Waals surface area contributed by atoms with Crippen LogP contribution in [0.1, 0.15) is 50.2 Å². The lowest BCUT2D eigenvalue weighted by Gasteiger charge is -2.33. The maximum absolute atomic E-state index is 14.3. The number of hydrogen-bond acceptors (Lipinski definition) is 6. The standard InChI is InChI=1S/C33H41N3O6S/c1-24-13-11-12-14-26(24)22-35(25(2)33(38)34-27-15-7-5-8-16-27)32(37)23-36(43(39,40)29-17-9-6-10-18-29)30-21-28(41-3)19-20-31(30)42-4/h6,9-14,17-21,25,27H,5,7-8,15-16,22-23H2,1-4H3,(H,34,38)/t25-/m1/s1. The van der Waals surface area contributed by atoms with E-state index in [-0.39, 0.29) is 34.8 Å². The number of carbonyl (C=O) groups excluding carboxylic acids is 2. The van der Waals surface area contributed by atoms with Gasteiger partial charge in [-0.05, 0) is 62.1 Å². The second-order valence-corrected chi connectivity index (χ2v) is 12.7. The molecule has 0 aromatic heterocycles. The van der Waals surface area contributed by atoms with Gasteiger partial charge in [0.25, 0.3) is 10.0 Å². The number of amides is 2. The van der Waals surface area contributed by atoms with E-state index in [1.807, 2.05) is 31.2 Å². The van der Waals surface area contributed by atoms with Gasteiger partial charge in [-0.15, -0.1) is 0 Å². The number of anilines is 1. The van der Waals surface area contributed by atoms with E-state index in [9.17, 15) is 18.0 Å². The molecule has 0 heterocycles. The number of rotatable bonds is 12. The van der Waals surface area contributed by atoms with E-state index in [1.165, 1.54) is 37.3 Å². The molecular weight excluding hydrogens is 566 g/mol. The molecule has 3 aromatic carbocycles. The van der Waals surface area contributed by atoms with Crippen LogP contribution in [-0.2, 0) is 26.2 Å². The molecule has 1 aliphatic carbocycles. The number of nitrogens with zero attached hydrogens (tertiary/aromatic N) is 2. The van der Waals surface area contributed by atoms with Crippen molar-refractivity contribution in [2.75, 3.05) is 25.1 Å². The first-order chi connectivity index (χ1) is 20.6. The van der Waals surface area contributed by atoms with Crippen molar-refractivity contribution in [2.45, 2.75) is 69.5 Å². The first-order valence-electron chi connectivity index (χ1n) is 14.6. The Kier molecular flexibility index (Phi) is 10.7. The Morgan fingerprint density at radius 2 is 1.60 bits per heavy atom. The van der Waals surface area contributed by atoms with Crippen LogP contribution < -0.4 is 19.1 Å². The van der Waals surface area contributed by atoms with E-state index in [1.54, 1.807) is 37.3 Å². The second-order valence-electron chi connectivity index (χ2n) is 10.8. The van der Waals surface area contributed by atoms with Crippen molar-refractivity contribution in [1.82, 2.24) is 10.2 Å². The molecule has 1 saturated carbocycles. The fraction of sp³-hybridized carbons (Fsp3) is 0.394. The fourth-order valence-corrected chi connectivity index (χ4v) is 6.78. The highest BCUT2D eigenvalue weighted by Crippen LogP contribution is 2.36. The Bertz CT molecular complexity index is 1510. The van der Waals surface area contributed by atoms with E-state index in [0.29, 0.717) is 5.75 Å². The molecule has 230 valence electrons.